The number of unbranched alkanes of at least 4 members (excludes halogenated alkanes) is 1. The molecular weight excluding hydrogens is 160 g/mol. The van der Waals surface area contributed by atoms with E-state index in [9.17, 15) is 0 Å². The largest absolute Gasteiger partial charge is 0.401 e. The predicted octanol–water partition coefficient (Wildman–Crippen LogP) is 2.24. The Morgan fingerprint density at radius 3 is 2.77 bits per heavy atom. The van der Waals surface area contributed by atoms with E-state index < -0.39 is 0 Å². The molecule has 0 amide bonds. The Morgan fingerprint density at radius 1 is 1.46 bits per heavy atom. The SMILES string of the molecule is CCCCN1CC(N)=CC(C)=C1C. The van der Waals surface area contributed by atoms with Crippen LogP contribution in [0.3, 0.4) is 0 Å². The molecule has 13 heavy (non-hydrogen) atoms. The minimum absolute atomic E-state index is 0.906. The first-order valence-corrected chi connectivity index (χ1v) is 5.03. The van der Waals surface area contributed by atoms with Crippen LogP contribution in [0.1, 0.15) is 33.6 Å². The van der Waals surface area contributed by atoms with Gasteiger partial charge in [0.15, 0.2) is 0 Å². The summed E-state index contributed by atoms with van der Waals surface area (Å²) in [4.78, 5) is 2.37. The van der Waals surface area contributed by atoms with Gasteiger partial charge in [-0.05, 0) is 31.9 Å². The maximum atomic E-state index is 5.83. The zero-order chi connectivity index (χ0) is 9.84. The van der Waals surface area contributed by atoms with E-state index in [-0.39, 0.29) is 0 Å². The number of nitrogens with two attached hydrogens (primary N) is 1. The van der Waals surface area contributed by atoms with Crippen LogP contribution in [0.25, 0.3) is 0 Å². The van der Waals surface area contributed by atoms with Crippen LogP contribution in [-0.2, 0) is 0 Å². The van der Waals surface area contributed by atoms with Crippen molar-refractivity contribution in [1.29, 1.82) is 0 Å². The van der Waals surface area contributed by atoms with E-state index in [2.05, 4.69) is 31.7 Å². The molecule has 0 aromatic heterocycles. The van der Waals surface area contributed by atoms with E-state index >= 15 is 0 Å². The van der Waals surface area contributed by atoms with Crippen molar-refractivity contribution in [1.82, 2.24) is 4.90 Å². The molecule has 2 nitrogen and oxygen atoms in total. The minimum Gasteiger partial charge on any atom is -0.401 e. The molecule has 0 saturated heterocycles. The molecule has 0 aromatic carbocycles. The molecule has 0 aromatic rings. The molecule has 2 heteroatoms. The summed E-state index contributed by atoms with van der Waals surface area (Å²) < 4.78 is 0. The lowest BCUT2D eigenvalue weighted by Crippen LogP contribution is -2.31. The van der Waals surface area contributed by atoms with Gasteiger partial charge in [0.1, 0.15) is 0 Å². The second-order valence-electron chi connectivity index (χ2n) is 3.76. The fourth-order valence-electron chi connectivity index (χ4n) is 1.61. The van der Waals surface area contributed by atoms with Gasteiger partial charge >= 0.3 is 0 Å². The highest BCUT2D eigenvalue weighted by Crippen LogP contribution is 2.18. The predicted molar refractivity (Wildman–Crippen MR) is 57.1 cm³/mol. The number of hydrogen-bond acceptors (Lipinski definition) is 2. The molecule has 0 fully saturated rings. The van der Waals surface area contributed by atoms with Crippen molar-refractivity contribution < 1.29 is 0 Å². The Labute approximate surface area is 81.1 Å². The van der Waals surface area contributed by atoms with Crippen molar-refractivity contribution in [2.45, 2.75) is 33.6 Å². The zero-order valence-corrected chi connectivity index (χ0v) is 8.93. The van der Waals surface area contributed by atoms with E-state index in [0.717, 1.165) is 18.8 Å². The summed E-state index contributed by atoms with van der Waals surface area (Å²) in [6.07, 6.45) is 4.57. The molecule has 1 rings (SSSR count). The Morgan fingerprint density at radius 2 is 2.15 bits per heavy atom. The van der Waals surface area contributed by atoms with E-state index in [4.69, 9.17) is 5.73 Å². The quantitative estimate of drug-likeness (QED) is 0.721. The van der Waals surface area contributed by atoms with Crippen LogP contribution in [0.4, 0.5) is 0 Å². The molecule has 2 N–H and O–H groups in total. The van der Waals surface area contributed by atoms with E-state index in [1.807, 2.05) is 0 Å². The van der Waals surface area contributed by atoms with Gasteiger partial charge in [0.05, 0.1) is 6.54 Å². The standard InChI is InChI=1S/C11H20N2/c1-4-5-6-13-8-11(12)7-9(2)10(13)3/h7H,4-6,8,12H2,1-3H3. The molecule has 0 spiro atoms. The zero-order valence-electron chi connectivity index (χ0n) is 8.93. The van der Waals surface area contributed by atoms with Gasteiger partial charge in [-0.2, -0.15) is 0 Å². The first-order valence-electron chi connectivity index (χ1n) is 5.03. The van der Waals surface area contributed by atoms with E-state index in [0.29, 0.717) is 0 Å². The minimum atomic E-state index is 0.906. The molecule has 0 radical (unpaired) electrons. The van der Waals surface area contributed by atoms with Gasteiger partial charge in [-0.3, -0.25) is 0 Å². The summed E-state index contributed by atoms with van der Waals surface area (Å²) in [5.74, 6) is 0. The summed E-state index contributed by atoms with van der Waals surface area (Å²) in [5.41, 5.74) is 9.50. The van der Waals surface area contributed by atoms with Gasteiger partial charge in [-0.15, -0.1) is 0 Å². The van der Waals surface area contributed by atoms with Gasteiger partial charge in [0.25, 0.3) is 0 Å². The second kappa shape index (κ2) is 4.35. The number of allylic oxidation sites excluding steroid dienone is 3. The number of nitrogens with zero attached hydrogens (tertiary/aromatic N) is 1. The smallest absolute Gasteiger partial charge is 0.0571 e. The summed E-state index contributed by atoms with van der Waals surface area (Å²) >= 11 is 0. The second-order valence-corrected chi connectivity index (χ2v) is 3.76. The average Bonchev–Trinajstić information content (AvgIpc) is 2.09. The third kappa shape index (κ3) is 2.51. The van der Waals surface area contributed by atoms with Gasteiger partial charge in [0, 0.05) is 17.9 Å². The van der Waals surface area contributed by atoms with Crippen molar-refractivity contribution in [3.8, 4) is 0 Å². The van der Waals surface area contributed by atoms with Crippen LogP contribution in [0.15, 0.2) is 23.0 Å². The lowest BCUT2D eigenvalue weighted by molar-refractivity contribution is 0.355. The molecule has 0 unspecified atom stereocenters. The maximum Gasteiger partial charge on any atom is 0.0571 e. The molecular formula is C11H20N2. The molecule has 74 valence electrons. The lowest BCUT2D eigenvalue weighted by Gasteiger charge is -2.30. The Hall–Kier alpha value is -0.920. The van der Waals surface area contributed by atoms with Crippen LogP contribution >= 0.6 is 0 Å². The van der Waals surface area contributed by atoms with Gasteiger partial charge < -0.3 is 10.6 Å². The fourth-order valence-corrected chi connectivity index (χ4v) is 1.61. The van der Waals surface area contributed by atoms with Crippen LogP contribution < -0.4 is 5.73 Å². The van der Waals surface area contributed by atoms with Crippen molar-refractivity contribution in [3.63, 3.8) is 0 Å². The molecule has 0 bridgehead atoms. The highest BCUT2D eigenvalue weighted by molar-refractivity contribution is 5.29. The van der Waals surface area contributed by atoms with Crippen molar-refractivity contribution in [3.05, 3.63) is 23.0 Å². The molecule has 0 saturated carbocycles. The van der Waals surface area contributed by atoms with Gasteiger partial charge in [0.2, 0.25) is 0 Å². The van der Waals surface area contributed by atoms with Crippen molar-refractivity contribution in [2.24, 2.45) is 5.73 Å². The normalized spacial score (nSPS) is 17.8. The summed E-state index contributed by atoms with van der Waals surface area (Å²) in [6.45, 7) is 8.56. The molecule has 0 aliphatic carbocycles. The van der Waals surface area contributed by atoms with Crippen LogP contribution in [0.5, 0.6) is 0 Å². The molecule has 1 aliphatic heterocycles. The molecule has 1 heterocycles. The van der Waals surface area contributed by atoms with Gasteiger partial charge in [-0.1, -0.05) is 13.3 Å². The average molecular weight is 180 g/mol. The summed E-state index contributed by atoms with van der Waals surface area (Å²) in [5, 5.41) is 0. The first kappa shape index (κ1) is 10.2. The Bertz CT molecular complexity index is 238. The first-order chi connectivity index (χ1) is 6.15. The number of hydrogen-bond donors (Lipinski definition) is 1. The monoisotopic (exact) mass is 180 g/mol. The van der Waals surface area contributed by atoms with Crippen molar-refractivity contribution in [2.75, 3.05) is 13.1 Å². The maximum absolute atomic E-state index is 5.83. The van der Waals surface area contributed by atoms with E-state index in [1.54, 1.807) is 0 Å². The molecule has 0 atom stereocenters. The summed E-state index contributed by atoms with van der Waals surface area (Å²) in [6, 6.07) is 0. The topological polar surface area (TPSA) is 29.3 Å². The van der Waals surface area contributed by atoms with Crippen LogP contribution in [0.2, 0.25) is 0 Å². The van der Waals surface area contributed by atoms with Crippen LogP contribution in [0, 0.1) is 0 Å². The Balaban J connectivity index is 2.63. The highest BCUT2D eigenvalue weighted by atomic mass is 15.1. The third-order valence-electron chi connectivity index (χ3n) is 2.60. The third-order valence-corrected chi connectivity index (χ3v) is 2.60. The molecule has 1 aliphatic rings. The lowest BCUT2D eigenvalue weighted by atomic mass is 10.1. The van der Waals surface area contributed by atoms with Crippen LogP contribution in [-0.4, -0.2) is 18.0 Å². The number of rotatable bonds is 3. The fraction of sp³-hybridized carbons (Fsp3) is 0.636. The van der Waals surface area contributed by atoms with Crippen molar-refractivity contribution >= 4 is 0 Å². The summed E-state index contributed by atoms with van der Waals surface area (Å²) in [7, 11) is 0. The Kier molecular flexibility index (Phi) is 3.40. The van der Waals surface area contributed by atoms with E-state index in [1.165, 1.54) is 24.1 Å². The highest BCUT2D eigenvalue weighted by Gasteiger charge is 2.12. The van der Waals surface area contributed by atoms with Gasteiger partial charge in [-0.25, -0.2) is 0 Å².